The highest BCUT2D eigenvalue weighted by atomic mass is 35.5. The molecule has 1 aromatic heterocycles. The Kier molecular flexibility index (Phi) is 5.60. The van der Waals surface area contributed by atoms with E-state index < -0.39 is 11.7 Å². The molecule has 146 valence electrons. The minimum atomic E-state index is -4.49. The average Bonchev–Trinajstić information content (AvgIpc) is 2.66. The van der Waals surface area contributed by atoms with Crippen molar-refractivity contribution in [1.29, 1.82) is 0 Å². The second kappa shape index (κ2) is 7.93. The van der Waals surface area contributed by atoms with E-state index in [4.69, 9.17) is 17.3 Å². The van der Waals surface area contributed by atoms with Crippen molar-refractivity contribution in [2.75, 3.05) is 16.4 Å². The van der Waals surface area contributed by atoms with Crippen LogP contribution in [0.4, 0.5) is 36.2 Å². The van der Waals surface area contributed by atoms with Crippen molar-refractivity contribution in [1.82, 2.24) is 9.97 Å². The highest BCUT2D eigenvalue weighted by molar-refractivity contribution is 6.33. The molecule has 1 heterocycles. The van der Waals surface area contributed by atoms with Crippen LogP contribution in [0.2, 0.25) is 5.02 Å². The average molecular weight is 408 g/mol. The Hall–Kier alpha value is -3.00. The van der Waals surface area contributed by atoms with E-state index in [2.05, 4.69) is 20.6 Å². The van der Waals surface area contributed by atoms with Gasteiger partial charge in [0.2, 0.25) is 0 Å². The van der Waals surface area contributed by atoms with Gasteiger partial charge >= 0.3 is 6.18 Å². The Balaban J connectivity index is 1.86. The molecule has 28 heavy (non-hydrogen) atoms. The fourth-order valence-electron chi connectivity index (χ4n) is 2.57. The van der Waals surface area contributed by atoms with Gasteiger partial charge in [0.1, 0.15) is 12.0 Å². The summed E-state index contributed by atoms with van der Waals surface area (Å²) in [4.78, 5) is 8.15. The molecule has 4 N–H and O–H groups in total. The fraction of sp³-hybridized carbons (Fsp3) is 0.158. The molecule has 0 aliphatic heterocycles. The molecule has 9 heteroatoms. The number of rotatable bonds is 5. The molecular formula is C19H17ClF3N5. The van der Waals surface area contributed by atoms with Gasteiger partial charge < -0.3 is 16.4 Å². The van der Waals surface area contributed by atoms with Gasteiger partial charge in [0.15, 0.2) is 11.6 Å². The molecule has 0 saturated carbocycles. The van der Waals surface area contributed by atoms with E-state index in [1.807, 2.05) is 37.3 Å². The molecule has 1 atom stereocenters. The normalized spacial score (nSPS) is 12.5. The number of nitrogen functional groups attached to an aromatic ring is 1. The quantitative estimate of drug-likeness (QED) is 0.509. The highest BCUT2D eigenvalue weighted by Crippen LogP contribution is 2.36. The lowest BCUT2D eigenvalue weighted by Crippen LogP contribution is -2.12. The van der Waals surface area contributed by atoms with Gasteiger partial charge in [-0.05, 0) is 30.7 Å². The maximum atomic E-state index is 13.0. The van der Waals surface area contributed by atoms with Crippen LogP contribution in [-0.4, -0.2) is 9.97 Å². The standard InChI is InChI=1S/C19H17ClF3N5/c1-11(12-5-3-2-4-6-12)27-17-16(24)18(26-10-25-17)28-15-9-13(19(21,22)23)7-8-14(15)20/h2-11H,24H2,1H3,(H2,25,26,27,28). The first-order valence-electron chi connectivity index (χ1n) is 8.31. The first-order chi connectivity index (χ1) is 13.3. The molecule has 0 bridgehead atoms. The van der Waals surface area contributed by atoms with E-state index in [9.17, 15) is 13.2 Å². The fourth-order valence-corrected chi connectivity index (χ4v) is 2.73. The molecule has 0 saturated heterocycles. The molecule has 3 rings (SSSR count). The van der Waals surface area contributed by atoms with Crippen LogP contribution in [0.25, 0.3) is 0 Å². The third kappa shape index (κ3) is 4.45. The molecule has 0 aliphatic carbocycles. The summed E-state index contributed by atoms with van der Waals surface area (Å²) >= 11 is 6.02. The minimum absolute atomic E-state index is 0.0453. The molecule has 3 aromatic rings. The predicted octanol–water partition coefficient (Wildman–Crippen LogP) is 5.65. The predicted molar refractivity (Wildman–Crippen MR) is 105 cm³/mol. The second-order valence-corrected chi connectivity index (χ2v) is 6.49. The molecule has 0 aliphatic rings. The molecular weight excluding hydrogens is 391 g/mol. The van der Waals surface area contributed by atoms with Crippen molar-refractivity contribution in [3.05, 3.63) is 71.0 Å². The number of anilines is 4. The molecule has 0 radical (unpaired) electrons. The Morgan fingerprint density at radius 3 is 2.39 bits per heavy atom. The van der Waals surface area contributed by atoms with Gasteiger partial charge in [-0.15, -0.1) is 0 Å². The summed E-state index contributed by atoms with van der Waals surface area (Å²) in [5.74, 6) is 0.510. The van der Waals surface area contributed by atoms with Crippen molar-refractivity contribution in [3.8, 4) is 0 Å². The van der Waals surface area contributed by atoms with Gasteiger partial charge in [0.25, 0.3) is 0 Å². The van der Waals surface area contributed by atoms with Crippen LogP contribution in [-0.2, 0) is 6.18 Å². The number of nitrogens with two attached hydrogens (primary N) is 1. The zero-order valence-corrected chi connectivity index (χ0v) is 15.5. The molecule has 5 nitrogen and oxygen atoms in total. The number of hydrogen-bond donors (Lipinski definition) is 3. The Morgan fingerprint density at radius 1 is 1.04 bits per heavy atom. The number of nitrogens with zero attached hydrogens (tertiary/aromatic N) is 2. The topological polar surface area (TPSA) is 75.9 Å². The molecule has 1 unspecified atom stereocenters. The summed E-state index contributed by atoms with van der Waals surface area (Å²) in [7, 11) is 0. The second-order valence-electron chi connectivity index (χ2n) is 6.08. The Labute approximate surface area is 164 Å². The lowest BCUT2D eigenvalue weighted by Gasteiger charge is -2.18. The number of hydrogen-bond acceptors (Lipinski definition) is 5. The van der Waals surface area contributed by atoms with Gasteiger partial charge in [-0.3, -0.25) is 0 Å². The molecule has 0 fully saturated rings. The number of benzene rings is 2. The van der Waals surface area contributed by atoms with Crippen molar-refractivity contribution in [2.45, 2.75) is 19.1 Å². The van der Waals surface area contributed by atoms with E-state index in [0.717, 1.165) is 17.7 Å². The summed E-state index contributed by atoms with van der Waals surface area (Å²) in [6.07, 6.45) is -3.23. The van der Waals surface area contributed by atoms with E-state index >= 15 is 0 Å². The summed E-state index contributed by atoms with van der Waals surface area (Å²) in [5, 5.41) is 6.04. The number of alkyl halides is 3. The van der Waals surface area contributed by atoms with E-state index in [-0.39, 0.29) is 28.3 Å². The minimum Gasteiger partial charge on any atom is -0.393 e. The van der Waals surface area contributed by atoms with Crippen LogP contribution in [0.15, 0.2) is 54.9 Å². The van der Waals surface area contributed by atoms with Crippen LogP contribution in [0.3, 0.4) is 0 Å². The Morgan fingerprint density at radius 2 is 1.71 bits per heavy atom. The summed E-state index contributed by atoms with van der Waals surface area (Å²) in [6.45, 7) is 1.94. The zero-order valence-electron chi connectivity index (χ0n) is 14.8. The first kappa shape index (κ1) is 19.8. The number of aromatic nitrogens is 2. The van der Waals surface area contributed by atoms with Crippen LogP contribution in [0, 0.1) is 0 Å². The Bertz CT molecular complexity index is 964. The third-order valence-corrected chi connectivity index (χ3v) is 4.41. The van der Waals surface area contributed by atoms with Gasteiger partial charge in [-0.1, -0.05) is 41.9 Å². The zero-order chi connectivity index (χ0) is 20.3. The van der Waals surface area contributed by atoms with Gasteiger partial charge in [-0.2, -0.15) is 13.2 Å². The maximum Gasteiger partial charge on any atom is 0.416 e. The largest absolute Gasteiger partial charge is 0.416 e. The summed E-state index contributed by atoms with van der Waals surface area (Å²) < 4.78 is 38.9. The molecule has 0 spiro atoms. The lowest BCUT2D eigenvalue weighted by molar-refractivity contribution is -0.137. The van der Waals surface area contributed by atoms with Gasteiger partial charge in [0.05, 0.1) is 22.3 Å². The van der Waals surface area contributed by atoms with Crippen LogP contribution in [0.1, 0.15) is 24.1 Å². The number of nitrogens with one attached hydrogen (secondary N) is 2. The van der Waals surface area contributed by atoms with Crippen LogP contribution >= 0.6 is 11.6 Å². The lowest BCUT2D eigenvalue weighted by atomic mass is 10.1. The van der Waals surface area contributed by atoms with Crippen molar-refractivity contribution < 1.29 is 13.2 Å². The maximum absolute atomic E-state index is 13.0. The summed E-state index contributed by atoms with van der Waals surface area (Å²) in [5.41, 5.74) is 6.52. The van der Waals surface area contributed by atoms with E-state index in [1.54, 1.807) is 0 Å². The highest BCUT2D eigenvalue weighted by Gasteiger charge is 2.31. The summed E-state index contributed by atoms with van der Waals surface area (Å²) in [6, 6.07) is 12.5. The monoisotopic (exact) mass is 407 g/mol. The van der Waals surface area contributed by atoms with E-state index in [0.29, 0.717) is 5.82 Å². The number of halogens is 4. The molecule has 2 aromatic carbocycles. The van der Waals surface area contributed by atoms with Crippen LogP contribution < -0.4 is 16.4 Å². The first-order valence-corrected chi connectivity index (χ1v) is 8.69. The smallest absolute Gasteiger partial charge is 0.393 e. The van der Waals surface area contributed by atoms with E-state index in [1.165, 1.54) is 12.4 Å². The van der Waals surface area contributed by atoms with Crippen molar-refractivity contribution in [3.63, 3.8) is 0 Å². The van der Waals surface area contributed by atoms with Gasteiger partial charge in [0, 0.05) is 0 Å². The molecule has 0 amide bonds. The van der Waals surface area contributed by atoms with Gasteiger partial charge in [-0.25, -0.2) is 9.97 Å². The SMILES string of the molecule is CC(Nc1ncnc(Nc2cc(C(F)(F)F)ccc2Cl)c1N)c1ccccc1. The van der Waals surface area contributed by atoms with Crippen molar-refractivity contribution >= 4 is 34.6 Å². The third-order valence-electron chi connectivity index (χ3n) is 4.08. The van der Waals surface area contributed by atoms with Crippen LogP contribution in [0.5, 0.6) is 0 Å². The van der Waals surface area contributed by atoms with Crippen molar-refractivity contribution in [2.24, 2.45) is 0 Å².